The van der Waals surface area contributed by atoms with Crippen LogP contribution in [0.4, 0.5) is 0 Å². The standard InChI is InChI=1S/C10H19BrN2O2S/c1-9-4-2-3-6-13(9)16(14,15)12-7-5-10(11)8-12/h9-10H,2-8H2,1H3. The molecule has 0 N–H and O–H groups in total. The predicted octanol–water partition coefficient (Wildman–Crippen LogP) is 1.57. The van der Waals surface area contributed by atoms with E-state index in [-0.39, 0.29) is 6.04 Å². The first-order valence-corrected chi connectivity index (χ1v) is 8.24. The third kappa shape index (κ3) is 2.44. The number of rotatable bonds is 2. The molecular formula is C10H19BrN2O2S. The summed E-state index contributed by atoms with van der Waals surface area (Å²) in [5.74, 6) is 0. The molecule has 2 fully saturated rings. The van der Waals surface area contributed by atoms with Gasteiger partial charge in [-0.05, 0) is 26.2 Å². The third-order valence-corrected chi connectivity index (χ3v) is 6.32. The fourth-order valence-electron chi connectivity index (χ4n) is 2.46. The maximum atomic E-state index is 12.4. The average Bonchev–Trinajstić information content (AvgIpc) is 2.66. The SMILES string of the molecule is CC1CCCCN1S(=O)(=O)N1CCC(Br)C1. The Balaban J connectivity index is 2.11. The molecule has 94 valence electrons. The van der Waals surface area contributed by atoms with Crippen molar-refractivity contribution in [2.24, 2.45) is 0 Å². The molecule has 4 nitrogen and oxygen atoms in total. The normalized spacial score (nSPS) is 34.4. The Labute approximate surface area is 106 Å². The molecule has 16 heavy (non-hydrogen) atoms. The molecule has 0 amide bonds. The molecule has 0 spiro atoms. The second-order valence-corrected chi connectivity index (χ2v) is 7.88. The molecule has 2 aliphatic heterocycles. The second kappa shape index (κ2) is 4.92. The Bertz CT molecular complexity index is 347. The van der Waals surface area contributed by atoms with E-state index in [9.17, 15) is 8.42 Å². The summed E-state index contributed by atoms with van der Waals surface area (Å²) in [7, 11) is -3.21. The van der Waals surface area contributed by atoms with E-state index >= 15 is 0 Å². The third-order valence-electron chi connectivity index (χ3n) is 3.46. The maximum absolute atomic E-state index is 12.4. The highest BCUT2D eigenvalue weighted by Crippen LogP contribution is 2.26. The first-order chi connectivity index (χ1) is 7.51. The quantitative estimate of drug-likeness (QED) is 0.727. The van der Waals surface area contributed by atoms with Gasteiger partial charge in [-0.1, -0.05) is 22.4 Å². The van der Waals surface area contributed by atoms with E-state index in [2.05, 4.69) is 15.9 Å². The molecule has 0 aliphatic carbocycles. The predicted molar refractivity (Wildman–Crippen MR) is 67.8 cm³/mol. The van der Waals surface area contributed by atoms with E-state index < -0.39 is 10.2 Å². The van der Waals surface area contributed by atoms with Crippen LogP contribution in [0.25, 0.3) is 0 Å². The number of hydrogen-bond acceptors (Lipinski definition) is 2. The van der Waals surface area contributed by atoms with E-state index in [1.807, 2.05) is 6.92 Å². The highest BCUT2D eigenvalue weighted by atomic mass is 79.9. The van der Waals surface area contributed by atoms with Gasteiger partial charge in [-0.25, -0.2) is 0 Å². The van der Waals surface area contributed by atoms with E-state index in [4.69, 9.17) is 0 Å². The van der Waals surface area contributed by atoms with Crippen molar-refractivity contribution < 1.29 is 8.42 Å². The fraction of sp³-hybridized carbons (Fsp3) is 1.00. The first kappa shape index (κ1) is 12.8. The number of nitrogens with zero attached hydrogens (tertiary/aromatic N) is 2. The molecule has 0 saturated carbocycles. The van der Waals surface area contributed by atoms with Gasteiger partial charge in [0.1, 0.15) is 0 Å². The summed E-state index contributed by atoms with van der Waals surface area (Å²) < 4.78 is 28.1. The molecule has 0 aromatic heterocycles. The fourth-order valence-corrected chi connectivity index (χ4v) is 5.13. The van der Waals surface area contributed by atoms with Crippen LogP contribution in [0.3, 0.4) is 0 Å². The molecule has 2 saturated heterocycles. The Morgan fingerprint density at radius 3 is 2.50 bits per heavy atom. The zero-order valence-corrected chi connectivity index (χ0v) is 12.0. The van der Waals surface area contributed by atoms with Crippen LogP contribution in [0.1, 0.15) is 32.6 Å². The lowest BCUT2D eigenvalue weighted by molar-refractivity contribution is 0.250. The molecule has 2 heterocycles. The van der Waals surface area contributed by atoms with E-state index in [0.717, 1.165) is 25.7 Å². The molecule has 0 radical (unpaired) electrons. The van der Waals surface area contributed by atoms with Crippen molar-refractivity contribution in [1.29, 1.82) is 0 Å². The Hall–Kier alpha value is 0.350. The Morgan fingerprint density at radius 2 is 1.94 bits per heavy atom. The van der Waals surface area contributed by atoms with Gasteiger partial charge in [0.05, 0.1) is 0 Å². The van der Waals surface area contributed by atoms with Crippen LogP contribution in [0.5, 0.6) is 0 Å². The smallest absolute Gasteiger partial charge is 0.195 e. The minimum atomic E-state index is -3.21. The minimum absolute atomic E-state index is 0.160. The Morgan fingerprint density at radius 1 is 1.19 bits per heavy atom. The van der Waals surface area contributed by atoms with Gasteiger partial charge in [-0.15, -0.1) is 0 Å². The van der Waals surface area contributed by atoms with Crippen LogP contribution in [0.2, 0.25) is 0 Å². The molecule has 2 unspecified atom stereocenters. The van der Waals surface area contributed by atoms with Gasteiger partial charge >= 0.3 is 0 Å². The molecule has 0 bridgehead atoms. The summed E-state index contributed by atoms with van der Waals surface area (Å²) >= 11 is 3.49. The summed E-state index contributed by atoms with van der Waals surface area (Å²) in [5, 5.41) is 0. The van der Waals surface area contributed by atoms with Gasteiger partial charge in [0, 0.05) is 30.5 Å². The van der Waals surface area contributed by atoms with Gasteiger partial charge in [0.15, 0.2) is 0 Å². The first-order valence-electron chi connectivity index (χ1n) is 5.93. The van der Waals surface area contributed by atoms with Gasteiger partial charge in [-0.3, -0.25) is 0 Å². The Kier molecular flexibility index (Phi) is 3.93. The van der Waals surface area contributed by atoms with Crippen LogP contribution in [-0.4, -0.2) is 47.5 Å². The highest BCUT2D eigenvalue weighted by Gasteiger charge is 2.37. The number of piperidine rings is 1. The van der Waals surface area contributed by atoms with Crippen molar-refractivity contribution in [3.05, 3.63) is 0 Å². The van der Waals surface area contributed by atoms with Crippen LogP contribution >= 0.6 is 15.9 Å². The van der Waals surface area contributed by atoms with Crippen molar-refractivity contribution in [2.45, 2.75) is 43.5 Å². The van der Waals surface area contributed by atoms with Crippen molar-refractivity contribution in [3.63, 3.8) is 0 Å². The second-order valence-electron chi connectivity index (χ2n) is 4.71. The summed E-state index contributed by atoms with van der Waals surface area (Å²) in [5.41, 5.74) is 0. The van der Waals surface area contributed by atoms with E-state index in [0.29, 0.717) is 24.5 Å². The average molecular weight is 311 g/mol. The molecule has 2 rings (SSSR count). The molecular weight excluding hydrogens is 292 g/mol. The number of alkyl halides is 1. The van der Waals surface area contributed by atoms with E-state index in [1.165, 1.54) is 0 Å². The van der Waals surface area contributed by atoms with Crippen molar-refractivity contribution >= 4 is 26.1 Å². The summed E-state index contributed by atoms with van der Waals surface area (Å²) in [4.78, 5) is 0.322. The largest absolute Gasteiger partial charge is 0.282 e. The van der Waals surface area contributed by atoms with Gasteiger partial charge < -0.3 is 0 Å². The molecule has 0 aromatic carbocycles. The maximum Gasteiger partial charge on any atom is 0.282 e. The topological polar surface area (TPSA) is 40.6 Å². The molecule has 2 atom stereocenters. The zero-order valence-electron chi connectivity index (χ0n) is 9.60. The molecule has 6 heteroatoms. The van der Waals surface area contributed by atoms with Crippen molar-refractivity contribution in [3.8, 4) is 0 Å². The van der Waals surface area contributed by atoms with Crippen molar-refractivity contribution in [1.82, 2.24) is 8.61 Å². The van der Waals surface area contributed by atoms with Gasteiger partial charge in [-0.2, -0.15) is 17.0 Å². The lowest BCUT2D eigenvalue weighted by Crippen LogP contribution is -2.49. The van der Waals surface area contributed by atoms with Gasteiger partial charge in [0.25, 0.3) is 10.2 Å². The molecule has 0 aromatic rings. The highest BCUT2D eigenvalue weighted by molar-refractivity contribution is 9.09. The monoisotopic (exact) mass is 310 g/mol. The van der Waals surface area contributed by atoms with Crippen molar-refractivity contribution in [2.75, 3.05) is 19.6 Å². The lowest BCUT2D eigenvalue weighted by atomic mass is 10.1. The van der Waals surface area contributed by atoms with Crippen LogP contribution in [-0.2, 0) is 10.2 Å². The lowest BCUT2D eigenvalue weighted by Gasteiger charge is -2.35. The minimum Gasteiger partial charge on any atom is -0.195 e. The van der Waals surface area contributed by atoms with Crippen LogP contribution in [0.15, 0.2) is 0 Å². The van der Waals surface area contributed by atoms with Crippen LogP contribution in [0, 0.1) is 0 Å². The summed E-state index contributed by atoms with van der Waals surface area (Å²) in [6, 6.07) is 0.160. The zero-order chi connectivity index (χ0) is 11.8. The summed E-state index contributed by atoms with van der Waals surface area (Å²) in [6.45, 7) is 3.97. The van der Waals surface area contributed by atoms with Gasteiger partial charge in [0.2, 0.25) is 0 Å². The van der Waals surface area contributed by atoms with Crippen LogP contribution < -0.4 is 0 Å². The number of hydrogen-bond donors (Lipinski definition) is 0. The van der Waals surface area contributed by atoms with E-state index in [1.54, 1.807) is 8.61 Å². The number of halogens is 1. The summed E-state index contributed by atoms with van der Waals surface area (Å²) in [6.07, 6.45) is 4.05. The molecule has 2 aliphatic rings.